The largest absolute Gasteiger partial charge is 0.313 e. The van der Waals surface area contributed by atoms with Gasteiger partial charge in [0.25, 0.3) is 0 Å². The fraction of sp³-hybridized carbons (Fsp3) is 0.455. The quantitative estimate of drug-likeness (QED) is 0.856. The van der Waals surface area contributed by atoms with Gasteiger partial charge < -0.3 is 5.32 Å². The molecular formula is C11H16BrN. The van der Waals surface area contributed by atoms with Crippen LogP contribution >= 0.6 is 15.9 Å². The minimum absolute atomic E-state index is 0.469. The van der Waals surface area contributed by atoms with E-state index in [1.165, 1.54) is 11.1 Å². The number of aryl methyl sites for hydroxylation is 1. The zero-order valence-electron chi connectivity index (χ0n) is 8.39. The number of rotatable bonds is 3. The Morgan fingerprint density at radius 2 is 2.08 bits per heavy atom. The van der Waals surface area contributed by atoms with E-state index >= 15 is 0 Å². The molecule has 0 aromatic heterocycles. The molecule has 0 aliphatic heterocycles. The number of nitrogens with one attached hydrogen (secondary N) is 1. The van der Waals surface area contributed by atoms with Crippen molar-refractivity contribution < 1.29 is 0 Å². The van der Waals surface area contributed by atoms with Crippen LogP contribution in [0.5, 0.6) is 0 Å². The third kappa shape index (κ3) is 2.82. The summed E-state index contributed by atoms with van der Waals surface area (Å²) in [7, 11) is 2.00. The van der Waals surface area contributed by atoms with Gasteiger partial charge in [0, 0.05) is 10.5 Å². The summed E-state index contributed by atoms with van der Waals surface area (Å²) < 4.78 is 1.16. The number of hydrogen-bond donors (Lipinski definition) is 1. The van der Waals surface area contributed by atoms with Gasteiger partial charge in [0.15, 0.2) is 0 Å². The Hall–Kier alpha value is -0.340. The highest BCUT2D eigenvalue weighted by molar-refractivity contribution is 9.10. The third-order valence-electron chi connectivity index (χ3n) is 2.22. The van der Waals surface area contributed by atoms with Crippen LogP contribution in [0.1, 0.15) is 30.5 Å². The van der Waals surface area contributed by atoms with Crippen LogP contribution in [0.2, 0.25) is 0 Å². The highest BCUT2D eigenvalue weighted by atomic mass is 79.9. The molecule has 0 heterocycles. The predicted octanol–water partition coefficient (Wildman–Crippen LogP) is 3.43. The Morgan fingerprint density at radius 1 is 1.38 bits per heavy atom. The summed E-state index contributed by atoms with van der Waals surface area (Å²) in [5.41, 5.74) is 2.66. The smallest absolute Gasteiger partial charge is 0.0315 e. The van der Waals surface area contributed by atoms with Crippen LogP contribution in [0, 0.1) is 6.92 Å². The summed E-state index contributed by atoms with van der Waals surface area (Å²) in [4.78, 5) is 0. The van der Waals surface area contributed by atoms with E-state index in [2.05, 4.69) is 53.3 Å². The average molecular weight is 242 g/mol. The first kappa shape index (κ1) is 10.7. The molecule has 0 radical (unpaired) electrons. The summed E-state index contributed by atoms with van der Waals surface area (Å²) in [6, 6.07) is 7.01. The van der Waals surface area contributed by atoms with E-state index in [0.29, 0.717) is 6.04 Å². The fourth-order valence-electron chi connectivity index (χ4n) is 1.57. The lowest BCUT2D eigenvalue weighted by atomic mass is 10.0. The highest BCUT2D eigenvalue weighted by Crippen LogP contribution is 2.22. The van der Waals surface area contributed by atoms with E-state index in [1.807, 2.05) is 7.05 Å². The Bertz CT molecular complexity index is 259. The van der Waals surface area contributed by atoms with Crippen molar-refractivity contribution in [3.05, 3.63) is 33.8 Å². The molecule has 0 saturated carbocycles. The SMILES string of the molecule is CCC(NC)c1cc(C)cc(Br)c1. The molecule has 0 fully saturated rings. The molecule has 1 aromatic rings. The van der Waals surface area contributed by atoms with Gasteiger partial charge in [0.2, 0.25) is 0 Å². The maximum atomic E-state index is 3.51. The second-order valence-electron chi connectivity index (χ2n) is 3.31. The van der Waals surface area contributed by atoms with Gasteiger partial charge in [-0.25, -0.2) is 0 Å². The highest BCUT2D eigenvalue weighted by Gasteiger charge is 2.06. The molecule has 72 valence electrons. The van der Waals surface area contributed by atoms with Crippen LogP contribution in [0.15, 0.2) is 22.7 Å². The monoisotopic (exact) mass is 241 g/mol. The van der Waals surface area contributed by atoms with Crippen molar-refractivity contribution in [2.75, 3.05) is 7.05 Å². The molecule has 1 rings (SSSR count). The zero-order chi connectivity index (χ0) is 9.84. The number of benzene rings is 1. The molecule has 13 heavy (non-hydrogen) atoms. The van der Waals surface area contributed by atoms with Crippen molar-refractivity contribution in [1.82, 2.24) is 5.32 Å². The molecule has 0 amide bonds. The molecule has 1 atom stereocenters. The first-order valence-electron chi connectivity index (χ1n) is 4.61. The maximum absolute atomic E-state index is 3.51. The Labute approximate surface area is 88.7 Å². The first-order chi connectivity index (χ1) is 6.17. The van der Waals surface area contributed by atoms with E-state index in [9.17, 15) is 0 Å². The minimum atomic E-state index is 0.469. The van der Waals surface area contributed by atoms with E-state index in [-0.39, 0.29) is 0 Å². The molecule has 0 spiro atoms. The van der Waals surface area contributed by atoms with E-state index < -0.39 is 0 Å². The lowest BCUT2D eigenvalue weighted by Crippen LogP contribution is -2.15. The first-order valence-corrected chi connectivity index (χ1v) is 5.41. The van der Waals surface area contributed by atoms with Gasteiger partial charge in [-0.3, -0.25) is 0 Å². The number of halogens is 1. The van der Waals surface area contributed by atoms with E-state index in [4.69, 9.17) is 0 Å². The van der Waals surface area contributed by atoms with Crippen molar-refractivity contribution in [2.45, 2.75) is 26.3 Å². The van der Waals surface area contributed by atoms with Crippen LogP contribution in [0.4, 0.5) is 0 Å². The van der Waals surface area contributed by atoms with Gasteiger partial charge in [-0.1, -0.05) is 28.9 Å². The Morgan fingerprint density at radius 3 is 2.54 bits per heavy atom. The molecule has 0 aliphatic carbocycles. The van der Waals surface area contributed by atoms with Crippen molar-refractivity contribution in [3.63, 3.8) is 0 Å². The van der Waals surface area contributed by atoms with Gasteiger partial charge in [0.1, 0.15) is 0 Å². The van der Waals surface area contributed by atoms with Gasteiger partial charge >= 0.3 is 0 Å². The van der Waals surface area contributed by atoms with E-state index in [1.54, 1.807) is 0 Å². The van der Waals surface area contributed by atoms with Crippen LogP contribution in [0.25, 0.3) is 0 Å². The molecule has 0 bridgehead atoms. The van der Waals surface area contributed by atoms with Crippen LogP contribution in [-0.4, -0.2) is 7.05 Å². The Balaban J connectivity index is 2.99. The molecule has 1 nitrogen and oxygen atoms in total. The predicted molar refractivity (Wildman–Crippen MR) is 61.0 cm³/mol. The zero-order valence-corrected chi connectivity index (χ0v) is 9.98. The lowest BCUT2D eigenvalue weighted by Gasteiger charge is -2.15. The van der Waals surface area contributed by atoms with Crippen LogP contribution in [0.3, 0.4) is 0 Å². The summed E-state index contributed by atoms with van der Waals surface area (Å²) in [6.07, 6.45) is 1.12. The molecule has 1 unspecified atom stereocenters. The lowest BCUT2D eigenvalue weighted by molar-refractivity contribution is 0.576. The van der Waals surface area contributed by atoms with Gasteiger partial charge in [-0.05, 0) is 43.7 Å². The van der Waals surface area contributed by atoms with Gasteiger partial charge in [-0.15, -0.1) is 0 Å². The number of hydrogen-bond acceptors (Lipinski definition) is 1. The minimum Gasteiger partial charge on any atom is -0.313 e. The normalized spacial score (nSPS) is 12.9. The van der Waals surface area contributed by atoms with Crippen molar-refractivity contribution in [1.29, 1.82) is 0 Å². The van der Waals surface area contributed by atoms with E-state index in [0.717, 1.165) is 10.9 Å². The van der Waals surface area contributed by atoms with Gasteiger partial charge in [-0.2, -0.15) is 0 Å². The maximum Gasteiger partial charge on any atom is 0.0315 e. The molecule has 1 N–H and O–H groups in total. The standard InChI is InChI=1S/C11H16BrN/c1-4-11(13-3)9-5-8(2)6-10(12)7-9/h5-7,11,13H,4H2,1-3H3. The van der Waals surface area contributed by atoms with Crippen molar-refractivity contribution in [3.8, 4) is 0 Å². The molecule has 2 heteroatoms. The van der Waals surface area contributed by atoms with Crippen molar-refractivity contribution >= 4 is 15.9 Å². The fourth-order valence-corrected chi connectivity index (χ4v) is 2.20. The summed E-state index contributed by atoms with van der Waals surface area (Å²) in [5.74, 6) is 0. The molecule has 0 saturated heterocycles. The summed E-state index contributed by atoms with van der Waals surface area (Å²) in [5, 5.41) is 3.30. The summed E-state index contributed by atoms with van der Waals surface area (Å²) >= 11 is 3.51. The average Bonchev–Trinajstić information content (AvgIpc) is 2.04. The molecule has 0 aliphatic rings. The van der Waals surface area contributed by atoms with Gasteiger partial charge in [0.05, 0.1) is 0 Å². The van der Waals surface area contributed by atoms with Crippen LogP contribution < -0.4 is 5.32 Å². The topological polar surface area (TPSA) is 12.0 Å². The van der Waals surface area contributed by atoms with Crippen LogP contribution in [-0.2, 0) is 0 Å². The molecular weight excluding hydrogens is 226 g/mol. The third-order valence-corrected chi connectivity index (χ3v) is 2.68. The Kier molecular flexibility index (Phi) is 3.94. The second kappa shape index (κ2) is 4.77. The molecule has 1 aromatic carbocycles. The van der Waals surface area contributed by atoms with Crippen molar-refractivity contribution in [2.24, 2.45) is 0 Å². The summed E-state index contributed by atoms with van der Waals surface area (Å²) in [6.45, 7) is 4.31. The second-order valence-corrected chi connectivity index (χ2v) is 4.23.